The highest BCUT2D eigenvalue weighted by atomic mass is 16.5. The van der Waals surface area contributed by atoms with Gasteiger partial charge in [-0.05, 0) is 32.3 Å². The smallest absolute Gasteiger partial charge is 0.305 e. The largest absolute Gasteiger partial charge is 0.466 e. The number of nitrogens with zero attached hydrogens (tertiary/aromatic N) is 2. The van der Waals surface area contributed by atoms with Crippen molar-refractivity contribution in [2.75, 3.05) is 13.2 Å². The highest BCUT2D eigenvalue weighted by Crippen LogP contribution is 2.24. The van der Waals surface area contributed by atoms with E-state index in [0.29, 0.717) is 41.9 Å². The molecule has 2 rings (SSSR count). The molecular weight excluding hydrogens is 310 g/mol. The number of fused-ring (bicyclic) bond motifs is 1. The molecule has 0 aliphatic rings. The molecule has 1 amide bonds. The molecule has 7 nitrogen and oxygen atoms in total. The lowest BCUT2D eigenvalue weighted by Gasteiger charge is -2.09. The molecule has 0 atom stereocenters. The Hall–Kier alpha value is -2.44. The van der Waals surface area contributed by atoms with Crippen LogP contribution < -0.4 is 5.32 Å². The fourth-order valence-corrected chi connectivity index (χ4v) is 2.35. The van der Waals surface area contributed by atoms with Crippen molar-refractivity contribution in [1.29, 1.82) is 0 Å². The minimum absolute atomic E-state index is 0.162. The van der Waals surface area contributed by atoms with Crippen LogP contribution in [0.3, 0.4) is 0 Å². The van der Waals surface area contributed by atoms with E-state index in [1.54, 1.807) is 19.9 Å². The first-order valence-corrected chi connectivity index (χ1v) is 8.14. The van der Waals surface area contributed by atoms with Gasteiger partial charge in [0.1, 0.15) is 0 Å². The van der Waals surface area contributed by atoms with Gasteiger partial charge < -0.3 is 14.6 Å². The van der Waals surface area contributed by atoms with E-state index in [2.05, 4.69) is 15.5 Å². The molecule has 0 spiro atoms. The molecule has 7 heteroatoms. The predicted octanol–water partition coefficient (Wildman–Crippen LogP) is 2.73. The molecule has 2 heterocycles. The third-order valence-electron chi connectivity index (χ3n) is 3.62. The second-order valence-electron chi connectivity index (χ2n) is 5.86. The molecule has 1 N–H and O–H groups in total. The molecular formula is C17H23N3O4. The number of rotatable bonds is 7. The minimum atomic E-state index is -0.255. The minimum Gasteiger partial charge on any atom is -0.466 e. The molecule has 0 aromatic carbocycles. The average Bonchev–Trinajstić information content (AvgIpc) is 2.92. The van der Waals surface area contributed by atoms with Gasteiger partial charge in [-0.3, -0.25) is 9.59 Å². The fraction of sp³-hybridized carbons (Fsp3) is 0.529. The number of ether oxygens (including phenoxy) is 1. The van der Waals surface area contributed by atoms with Crippen LogP contribution in [0.1, 0.15) is 61.3 Å². The van der Waals surface area contributed by atoms with E-state index in [4.69, 9.17) is 9.26 Å². The number of carbonyl (C=O) groups excluding carboxylic acids is 2. The van der Waals surface area contributed by atoms with Crippen LogP contribution in [0.2, 0.25) is 0 Å². The van der Waals surface area contributed by atoms with E-state index in [1.807, 2.05) is 13.8 Å². The molecule has 0 bridgehead atoms. The Kier molecular flexibility index (Phi) is 5.89. The van der Waals surface area contributed by atoms with Crippen LogP contribution in [0.15, 0.2) is 10.6 Å². The molecule has 0 aliphatic heterocycles. The molecule has 0 saturated heterocycles. The normalized spacial score (nSPS) is 11.0. The molecule has 0 saturated carbocycles. The molecule has 0 unspecified atom stereocenters. The monoisotopic (exact) mass is 333 g/mol. The zero-order valence-corrected chi connectivity index (χ0v) is 14.5. The van der Waals surface area contributed by atoms with Gasteiger partial charge in [-0.25, -0.2) is 4.98 Å². The van der Waals surface area contributed by atoms with Crippen LogP contribution in [0.5, 0.6) is 0 Å². The number of hydrogen-bond donors (Lipinski definition) is 1. The number of carbonyl (C=O) groups is 2. The topological polar surface area (TPSA) is 94.3 Å². The maximum absolute atomic E-state index is 12.5. The van der Waals surface area contributed by atoms with Crippen molar-refractivity contribution in [3.63, 3.8) is 0 Å². The van der Waals surface area contributed by atoms with Crippen molar-refractivity contribution in [1.82, 2.24) is 15.5 Å². The van der Waals surface area contributed by atoms with Gasteiger partial charge in [0.2, 0.25) is 0 Å². The van der Waals surface area contributed by atoms with E-state index in [9.17, 15) is 9.59 Å². The zero-order valence-electron chi connectivity index (χ0n) is 14.5. The summed E-state index contributed by atoms with van der Waals surface area (Å²) in [6, 6.07) is 1.78. The van der Waals surface area contributed by atoms with Crippen LogP contribution in [-0.2, 0) is 9.53 Å². The summed E-state index contributed by atoms with van der Waals surface area (Å²) in [5.41, 5.74) is 2.27. The number of aryl methyl sites for hydroxylation is 1. The van der Waals surface area contributed by atoms with Crippen LogP contribution >= 0.6 is 0 Å². The van der Waals surface area contributed by atoms with E-state index in [1.165, 1.54) is 0 Å². The quantitative estimate of drug-likeness (QED) is 0.618. The van der Waals surface area contributed by atoms with Crippen molar-refractivity contribution in [2.45, 2.75) is 46.5 Å². The summed E-state index contributed by atoms with van der Waals surface area (Å²) < 4.78 is 10.1. The van der Waals surface area contributed by atoms with E-state index < -0.39 is 0 Å². The number of pyridine rings is 1. The van der Waals surface area contributed by atoms with Crippen molar-refractivity contribution in [2.24, 2.45) is 0 Å². The van der Waals surface area contributed by atoms with Gasteiger partial charge in [0.05, 0.1) is 23.3 Å². The van der Waals surface area contributed by atoms with Gasteiger partial charge in [0.25, 0.3) is 11.6 Å². The third kappa shape index (κ3) is 4.10. The SMILES string of the molecule is CCOC(=O)CCCNC(=O)c1cc(C(C)C)nc2onc(C)c12. The van der Waals surface area contributed by atoms with Crippen molar-refractivity contribution in [3.8, 4) is 0 Å². The summed E-state index contributed by atoms with van der Waals surface area (Å²) in [7, 11) is 0. The standard InChI is InChI=1S/C17H23N3O4/c1-5-23-14(21)7-6-8-18-16(22)12-9-13(10(2)3)19-17-15(12)11(4)20-24-17/h9-10H,5-8H2,1-4H3,(H,18,22). The Balaban J connectivity index is 2.11. The first kappa shape index (κ1) is 17.9. The lowest BCUT2D eigenvalue weighted by molar-refractivity contribution is -0.143. The third-order valence-corrected chi connectivity index (χ3v) is 3.62. The van der Waals surface area contributed by atoms with Gasteiger partial charge in [0.15, 0.2) is 0 Å². The van der Waals surface area contributed by atoms with Crippen LogP contribution in [-0.4, -0.2) is 35.2 Å². The Labute approximate surface area is 140 Å². The maximum Gasteiger partial charge on any atom is 0.305 e. The van der Waals surface area contributed by atoms with E-state index in [0.717, 1.165) is 5.69 Å². The lowest BCUT2D eigenvalue weighted by atomic mass is 10.0. The van der Waals surface area contributed by atoms with Crippen LogP contribution in [0.25, 0.3) is 11.1 Å². The number of esters is 1. The highest BCUT2D eigenvalue weighted by Gasteiger charge is 2.19. The lowest BCUT2D eigenvalue weighted by Crippen LogP contribution is -2.25. The zero-order chi connectivity index (χ0) is 17.7. The average molecular weight is 333 g/mol. The summed E-state index contributed by atoms with van der Waals surface area (Å²) in [6.45, 7) is 8.30. The molecule has 0 radical (unpaired) electrons. The summed E-state index contributed by atoms with van der Waals surface area (Å²) in [5.74, 6) is -0.315. The predicted molar refractivity (Wildman–Crippen MR) is 88.8 cm³/mol. The van der Waals surface area contributed by atoms with E-state index in [-0.39, 0.29) is 24.2 Å². The Morgan fingerprint density at radius 1 is 1.38 bits per heavy atom. The molecule has 0 aliphatic carbocycles. The Bertz CT molecular complexity index is 737. The summed E-state index contributed by atoms with van der Waals surface area (Å²) in [5, 5.41) is 7.36. The van der Waals surface area contributed by atoms with Crippen molar-refractivity contribution < 1.29 is 18.8 Å². The fourth-order valence-electron chi connectivity index (χ4n) is 2.35. The van der Waals surface area contributed by atoms with Crippen LogP contribution in [0, 0.1) is 6.92 Å². The second-order valence-corrected chi connectivity index (χ2v) is 5.86. The first-order valence-electron chi connectivity index (χ1n) is 8.14. The van der Waals surface area contributed by atoms with Gasteiger partial charge >= 0.3 is 5.97 Å². The molecule has 130 valence electrons. The summed E-state index contributed by atoms with van der Waals surface area (Å²) in [6.07, 6.45) is 0.807. The van der Waals surface area contributed by atoms with Gasteiger partial charge in [-0.2, -0.15) is 0 Å². The molecule has 0 fully saturated rings. The molecule has 2 aromatic heterocycles. The van der Waals surface area contributed by atoms with Gasteiger partial charge in [-0.15, -0.1) is 0 Å². The highest BCUT2D eigenvalue weighted by molar-refractivity contribution is 6.06. The Morgan fingerprint density at radius 3 is 2.79 bits per heavy atom. The van der Waals surface area contributed by atoms with Crippen molar-refractivity contribution >= 4 is 23.0 Å². The van der Waals surface area contributed by atoms with E-state index >= 15 is 0 Å². The van der Waals surface area contributed by atoms with Gasteiger partial charge in [0, 0.05) is 18.7 Å². The Morgan fingerprint density at radius 2 is 2.12 bits per heavy atom. The first-order chi connectivity index (χ1) is 11.4. The maximum atomic E-state index is 12.5. The molecule has 24 heavy (non-hydrogen) atoms. The van der Waals surface area contributed by atoms with Gasteiger partial charge in [-0.1, -0.05) is 19.0 Å². The number of nitrogens with one attached hydrogen (secondary N) is 1. The second kappa shape index (κ2) is 7.90. The number of amides is 1. The summed E-state index contributed by atoms with van der Waals surface area (Å²) >= 11 is 0. The number of hydrogen-bond acceptors (Lipinski definition) is 6. The van der Waals surface area contributed by atoms with Crippen molar-refractivity contribution in [3.05, 3.63) is 23.0 Å². The van der Waals surface area contributed by atoms with Crippen LogP contribution in [0.4, 0.5) is 0 Å². The molecule has 2 aromatic rings. The summed E-state index contributed by atoms with van der Waals surface area (Å²) in [4.78, 5) is 28.2. The number of aromatic nitrogens is 2.